The number of carbonyl (C=O) groups is 2. The Labute approximate surface area is 156 Å². The summed E-state index contributed by atoms with van der Waals surface area (Å²) in [5.74, 6) is -0.574. The van der Waals surface area contributed by atoms with Gasteiger partial charge in [0.2, 0.25) is 5.91 Å². The lowest BCUT2D eigenvalue weighted by Crippen LogP contribution is -2.27. The van der Waals surface area contributed by atoms with Crippen molar-refractivity contribution in [3.63, 3.8) is 0 Å². The molecule has 0 fully saturated rings. The Morgan fingerprint density at radius 3 is 2.63 bits per heavy atom. The van der Waals surface area contributed by atoms with Crippen LogP contribution in [0, 0.1) is 5.82 Å². The Morgan fingerprint density at radius 2 is 1.93 bits per heavy atom. The molecule has 5 nitrogen and oxygen atoms in total. The molecule has 1 aromatic heterocycles. The smallest absolute Gasteiger partial charge is 0.256 e. The SMILES string of the molecule is CCc1oc2ccccc2c1CN(C)C(=O)c1cc(NC(C)=O)ccc1F. The molecule has 3 aromatic rings. The average molecular weight is 368 g/mol. The topological polar surface area (TPSA) is 62.6 Å². The van der Waals surface area contributed by atoms with Crippen molar-refractivity contribution in [2.75, 3.05) is 12.4 Å². The van der Waals surface area contributed by atoms with Crippen molar-refractivity contribution in [2.24, 2.45) is 0 Å². The molecule has 3 rings (SSSR count). The Balaban J connectivity index is 1.90. The summed E-state index contributed by atoms with van der Waals surface area (Å²) >= 11 is 0. The number of hydrogen-bond donors (Lipinski definition) is 1. The van der Waals surface area contributed by atoms with Crippen LogP contribution in [0.5, 0.6) is 0 Å². The maximum absolute atomic E-state index is 14.2. The number of para-hydroxylation sites is 1. The number of fused-ring (bicyclic) bond motifs is 1. The summed E-state index contributed by atoms with van der Waals surface area (Å²) in [7, 11) is 1.62. The van der Waals surface area contributed by atoms with Crippen LogP contribution in [-0.2, 0) is 17.8 Å². The van der Waals surface area contributed by atoms with Crippen LogP contribution in [0.4, 0.5) is 10.1 Å². The van der Waals surface area contributed by atoms with E-state index in [0.717, 1.165) is 22.3 Å². The molecule has 1 heterocycles. The lowest BCUT2D eigenvalue weighted by atomic mass is 10.1. The molecule has 0 aliphatic rings. The van der Waals surface area contributed by atoms with E-state index >= 15 is 0 Å². The summed E-state index contributed by atoms with van der Waals surface area (Å²) in [6.45, 7) is 3.63. The lowest BCUT2D eigenvalue weighted by Gasteiger charge is -2.18. The summed E-state index contributed by atoms with van der Waals surface area (Å²) in [6.07, 6.45) is 0.693. The number of benzene rings is 2. The molecule has 0 saturated carbocycles. The maximum Gasteiger partial charge on any atom is 0.256 e. The highest BCUT2D eigenvalue weighted by Crippen LogP contribution is 2.28. The zero-order valence-electron chi connectivity index (χ0n) is 15.5. The van der Waals surface area contributed by atoms with E-state index < -0.39 is 11.7 Å². The Hall–Kier alpha value is -3.15. The first-order valence-electron chi connectivity index (χ1n) is 8.72. The number of anilines is 1. The van der Waals surface area contributed by atoms with E-state index in [0.29, 0.717) is 18.7 Å². The third kappa shape index (κ3) is 3.84. The van der Waals surface area contributed by atoms with Gasteiger partial charge in [0.1, 0.15) is 17.2 Å². The second-order valence-corrected chi connectivity index (χ2v) is 6.39. The number of amides is 2. The number of nitrogens with one attached hydrogen (secondary N) is 1. The monoisotopic (exact) mass is 368 g/mol. The molecule has 2 amide bonds. The summed E-state index contributed by atoms with van der Waals surface area (Å²) in [5.41, 5.74) is 1.98. The van der Waals surface area contributed by atoms with Gasteiger partial charge in [-0.1, -0.05) is 25.1 Å². The van der Waals surface area contributed by atoms with E-state index in [1.165, 1.54) is 30.0 Å². The summed E-state index contributed by atoms with van der Waals surface area (Å²) in [6, 6.07) is 11.6. The molecule has 0 atom stereocenters. The molecule has 2 aromatic carbocycles. The van der Waals surface area contributed by atoms with Crippen LogP contribution in [-0.4, -0.2) is 23.8 Å². The third-order valence-electron chi connectivity index (χ3n) is 4.36. The Morgan fingerprint density at radius 1 is 1.19 bits per heavy atom. The van der Waals surface area contributed by atoms with E-state index in [1.807, 2.05) is 31.2 Å². The predicted molar refractivity (Wildman–Crippen MR) is 102 cm³/mol. The molecule has 0 bridgehead atoms. The normalized spacial score (nSPS) is 10.8. The average Bonchev–Trinajstić information content (AvgIpc) is 3.00. The molecular weight excluding hydrogens is 347 g/mol. The Bertz CT molecular complexity index is 1010. The van der Waals surface area contributed by atoms with Crippen LogP contribution in [0.15, 0.2) is 46.9 Å². The minimum Gasteiger partial charge on any atom is -0.461 e. The fraction of sp³-hybridized carbons (Fsp3) is 0.238. The minimum atomic E-state index is -0.631. The van der Waals surface area contributed by atoms with Gasteiger partial charge in [0, 0.05) is 43.6 Å². The van der Waals surface area contributed by atoms with E-state index in [-0.39, 0.29) is 11.5 Å². The van der Waals surface area contributed by atoms with Crippen LogP contribution in [0.2, 0.25) is 0 Å². The lowest BCUT2D eigenvalue weighted by molar-refractivity contribution is -0.114. The van der Waals surface area contributed by atoms with E-state index in [2.05, 4.69) is 5.32 Å². The summed E-state index contributed by atoms with van der Waals surface area (Å²) in [5, 5.41) is 3.51. The van der Waals surface area contributed by atoms with Crippen LogP contribution in [0.1, 0.15) is 35.5 Å². The van der Waals surface area contributed by atoms with Crippen molar-refractivity contribution in [1.29, 1.82) is 0 Å². The van der Waals surface area contributed by atoms with Gasteiger partial charge in [-0.05, 0) is 24.3 Å². The van der Waals surface area contributed by atoms with E-state index in [9.17, 15) is 14.0 Å². The molecule has 0 unspecified atom stereocenters. The van der Waals surface area contributed by atoms with Crippen molar-refractivity contribution < 1.29 is 18.4 Å². The molecule has 27 heavy (non-hydrogen) atoms. The molecule has 6 heteroatoms. The largest absolute Gasteiger partial charge is 0.461 e. The quantitative estimate of drug-likeness (QED) is 0.728. The van der Waals surface area contributed by atoms with Crippen molar-refractivity contribution in [2.45, 2.75) is 26.8 Å². The number of nitrogens with zero attached hydrogens (tertiary/aromatic N) is 1. The molecule has 0 saturated heterocycles. The number of halogens is 1. The summed E-state index contributed by atoms with van der Waals surface area (Å²) in [4.78, 5) is 25.5. The van der Waals surface area contributed by atoms with E-state index in [4.69, 9.17) is 4.42 Å². The van der Waals surface area contributed by atoms with Gasteiger partial charge in [-0.15, -0.1) is 0 Å². The van der Waals surface area contributed by atoms with Gasteiger partial charge < -0.3 is 14.6 Å². The first-order chi connectivity index (χ1) is 12.9. The second kappa shape index (κ2) is 7.61. The molecule has 0 spiro atoms. The first-order valence-corrected chi connectivity index (χ1v) is 8.72. The molecule has 1 N–H and O–H groups in total. The molecule has 140 valence electrons. The molecule has 0 aliphatic heterocycles. The number of carbonyl (C=O) groups excluding carboxylic acids is 2. The highest BCUT2D eigenvalue weighted by Gasteiger charge is 2.21. The number of furan rings is 1. The van der Waals surface area contributed by atoms with Gasteiger partial charge in [-0.2, -0.15) is 0 Å². The van der Waals surface area contributed by atoms with Crippen molar-refractivity contribution in [3.05, 3.63) is 65.2 Å². The van der Waals surface area contributed by atoms with Crippen molar-refractivity contribution in [3.8, 4) is 0 Å². The molecule has 0 aliphatic carbocycles. The Kier molecular flexibility index (Phi) is 5.26. The second-order valence-electron chi connectivity index (χ2n) is 6.39. The number of rotatable bonds is 5. The van der Waals surface area contributed by atoms with Gasteiger partial charge in [0.15, 0.2) is 0 Å². The fourth-order valence-corrected chi connectivity index (χ4v) is 3.09. The zero-order chi connectivity index (χ0) is 19.6. The van der Waals surface area contributed by atoms with Gasteiger partial charge in [0.05, 0.1) is 5.56 Å². The van der Waals surface area contributed by atoms with E-state index in [1.54, 1.807) is 7.05 Å². The van der Waals surface area contributed by atoms with Crippen molar-refractivity contribution >= 4 is 28.5 Å². The van der Waals surface area contributed by atoms with Gasteiger partial charge in [0.25, 0.3) is 5.91 Å². The van der Waals surface area contributed by atoms with Gasteiger partial charge >= 0.3 is 0 Å². The van der Waals surface area contributed by atoms with Crippen molar-refractivity contribution in [1.82, 2.24) is 4.90 Å². The molecule has 0 radical (unpaired) electrons. The third-order valence-corrected chi connectivity index (χ3v) is 4.36. The molecular formula is C21H21FN2O3. The van der Waals surface area contributed by atoms with Gasteiger partial charge in [-0.3, -0.25) is 9.59 Å². The number of hydrogen-bond acceptors (Lipinski definition) is 3. The van der Waals surface area contributed by atoms with Crippen LogP contribution in [0.3, 0.4) is 0 Å². The first kappa shape index (κ1) is 18.6. The summed E-state index contributed by atoms with van der Waals surface area (Å²) < 4.78 is 20.1. The highest BCUT2D eigenvalue weighted by atomic mass is 19.1. The van der Waals surface area contributed by atoms with Crippen LogP contribution < -0.4 is 5.32 Å². The van der Waals surface area contributed by atoms with Crippen LogP contribution >= 0.6 is 0 Å². The maximum atomic E-state index is 14.2. The number of aryl methyl sites for hydroxylation is 1. The standard InChI is InChI=1S/C21H21FN2O3/c1-4-19-17(15-7-5-6-8-20(15)27-19)12-24(3)21(26)16-11-14(23-13(2)25)9-10-18(16)22/h5-11H,4,12H2,1-3H3,(H,23,25). The van der Waals surface area contributed by atoms with Gasteiger partial charge in [-0.25, -0.2) is 4.39 Å². The highest BCUT2D eigenvalue weighted by molar-refractivity contribution is 5.97. The zero-order valence-corrected chi connectivity index (χ0v) is 15.5. The predicted octanol–water partition coefficient (Wildman–Crippen LogP) is 4.36. The fourth-order valence-electron chi connectivity index (χ4n) is 3.09. The minimum absolute atomic E-state index is 0.0883. The van der Waals surface area contributed by atoms with Crippen LogP contribution in [0.25, 0.3) is 11.0 Å².